The summed E-state index contributed by atoms with van der Waals surface area (Å²) < 4.78 is 0.129. The van der Waals surface area contributed by atoms with Gasteiger partial charge in [-0.25, -0.2) is 0 Å². The Morgan fingerprint density at radius 3 is 2.52 bits per heavy atom. The Morgan fingerprint density at radius 2 is 1.81 bits per heavy atom. The van der Waals surface area contributed by atoms with E-state index in [0.717, 1.165) is 22.5 Å². The van der Waals surface area contributed by atoms with E-state index in [1.165, 1.54) is 6.20 Å². The van der Waals surface area contributed by atoms with E-state index in [0.29, 0.717) is 0 Å². The molecule has 2 aromatic rings. The number of hydrogen-bond donors (Lipinski definition) is 4. The van der Waals surface area contributed by atoms with Gasteiger partial charge in [0.15, 0.2) is 5.78 Å². The number of carbonyl (C=O) groups excluding carboxylic acids is 2. The predicted molar refractivity (Wildman–Crippen MR) is 115 cm³/mol. The molecule has 0 saturated heterocycles. The number of benzene rings is 2. The highest BCUT2D eigenvalue weighted by molar-refractivity contribution is 9.12. The Kier molecular flexibility index (Phi) is 7.63. The molecule has 0 bridgehead atoms. The second-order valence-corrected chi connectivity index (χ2v) is 7.12. The third-order valence-corrected chi connectivity index (χ3v) is 4.56. The SMILES string of the molecule is C=C(Br)/C(O)=C(/Br)C(=O)/C=C/NNC(=O)CNc1ccc2ccccc2c1. The van der Waals surface area contributed by atoms with E-state index >= 15 is 0 Å². The average molecular weight is 495 g/mol. The molecule has 0 spiro atoms. The Balaban J connectivity index is 1.79. The van der Waals surface area contributed by atoms with Crippen LogP contribution < -0.4 is 16.2 Å². The lowest BCUT2D eigenvalue weighted by atomic mass is 10.1. The van der Waals surface area contributed by atoms with E-state index in [-0.39, 0.29) is 27.2 Å². The molecule has 0 aliphatic carbocycles. The monoisotopic (exact) mass is 493 g/mol. The number of ketones is 1. The van der Waals surface area contributed by atoms with E-state index in [2.05, 4.69) is 54.6 Å². The van der Waals surface area contributed by atoms with Crippen LogP contribution in [0.3, 0.4) is 0 Å². The van der Waals surface area contributed by atoms with Crippen molar-refractivity contribution in [3.8, 4) is 0 Å². The first-order chi connectivity index (χ1) is 12.9. The second-order valence-electron chi connectivity index (χ2n) is 5.37. The molecule has 2 rings (SSSR count). The van der Waals surface area contributed by atoms with Crippen LogP contribution in [0.4, 0.5) is 5.69 Å². The van der Waals surface area contributed by atoms with E-state index in [4.69, 9.17) is 0 Å². The molecule has 0 unspecified atom stereocenters. The molecular formula is C19H17Br2N3O3. The number of fused-ring (bicyclic) bond motifs is 1. The Hall–Kier alpha value is -2.58. The first-order valence-electron chi connectivity index (χ1n) is 7.80. The molecule has 140 valence electrons. The van der Waals surface area contributed by atoms with Gasteiger partial charge in [0.2, 0.25) is 0 Å². The fourth-order valence-corrected chi connectivity index (χ4v) is 2.91. The van der Waals surface area contributed by atoms with Gasteiger partial charge in [0.1, 0.15) is 10.2 Å². The zero-order valence-electron chi connectivity index (χ0n) is 14.1. The number of aliphatic hydroxyl groups is 1. The third kappa shape index (κ3) is 6.26. The van der Waals surface area contributed by atoms with Crippen LogP contribution in [0.15, 0.2) is 76.0 Å². The van der Waals surface area contributed by atoms with Crippen molar-refractivity contribution in [2.24, 2.45) is 0 Å². The molecule has 0 aliphatic rings. The molecule has 8 heteroatoms. The van der Waals surface area contributed by atoms with E-state index in [1.54, 1.807) is 0 Å². The summed E-state index contributed by atoms with van der Waals surface area (Å²) in [5.74, 6) is -1.11. The van der Waals surface area contributed by atoms with Crippen LogP contribution >= 0.6 is 31.9 Å². The summed E-state index contributed by atoms with van der Waals surface area (Å²) in [5, 5.41) is 14.8. The fourth-order valence-electron chi connectivity index (χ4n) is 2.07. The van der Waals surface area contributed by atoms with Gasteiger partial charge in [0.25, 0.3) is 5.91 Å². The number of allylic oxidation sites excluding steroid dienone is 3. The van der Waals surface area contributed by atoms with Gasteiger partial charge in [-0.2, -0.15) is 0 Å². The number of amides is 1. The summed E-state index contributed by atoms with van der Waals surface area (Å²) in [6, 6.07) is 13.8. The second kappa shape index (κ2) is 9.94. The summed E-state index contributed by atoms with van der Waals surface area (Å²) in [6.07, 6.45) is 2.40. The normalized spacial score (nSPS) is 11.8. The number of hydrazine groups is 1. The van der Waals surface area contributed by atoms with Gasteiger partial charge in [-0.15, -0.1) is 0 Å². The van der Waals surface area contributed by atoms with Crippen LogP contribution in [-0.4, -0.2) is 23.3 Å². The maximum atomic E-state index is 11.8. The Bertz CT molecular complexity index is 939. The maximum absolute atomic E-state index is 11.8. The van der Waals surface area contributed by atoms with Crippen molar-refractivity contribution >= 4 is 60.0 Å². The van der Waals surface area contributed by atoms with Gasteiger partial charge < -0.3 is 15.8 Å². The van der Waals surface area contributed by atoms with E-state index < -0.39 is 5.78 Å². The van der Waals surface area contributed by atoms with Crippen LogP contribution in [-0.2, 0) is 9.59 Å². The topological polar surface area (TPSA) is 90.5 Å². The molecule has 0 heterocycles. The molecule has 2 aromatic carbocycles. The summed E-state index contributed by atoms with van der Waals surface area (Å²) in [7, 11) is 0. The van der Waals surface area contributed by atoms with Crippen molar-refractivity contribution < 1.29 is 14.7 Å². The first-order valence-corrected chi connectivity index (χ1v) is 9.38. The van der Waals surface area contributed by atoms with Crippen molar-refractivity contribution in [1.82, 2.24) is 10.9 Å². The maximum Gasteiger partial charge on any atom is 0.257 e. The van der Waals surface area contributed by atoms with Crippen LogP contribution in [0.2, 0.25) is 0 Å². The number of hydrogen-bond acceptors (Lipinski definition) is 5. The van der Waals surface area contributed by atoms with Crippen molar-refractivity contribution in [2.45, 2.75) is 0 Å². The standard InChI is InChI=1S/C19H17Br2N3O3/c1-12(20)19(27)18(21)16(25)8-9-23-24-17(26)11-22-15-7-6-13-4-2-3-5-14(13)10-15/h2-10,22-23,27H,1,11H2,(H,24,26)/b9-8+,19-18-. The minimum absolute atomic E-state index is 0.0493. The summed E-state index contributed by atoms with van der Waals surface area (Å²) in [5.41, 5.74) is 5.76. The zero-order valence-corrected chi connectivity index (χ0v) is 17.3. The van der Waals surface area contributed by atoms with E-state index in [9.17, 15) is 14.7 Å². The molecule has 0 aromatic heterocycles. The van der Waals surface area contributed by atoms with Crippen molar-refractivity contribution in [2.75, 3.05) is 11.9 Å². The molecule has 0 aliphatic heterocycles. The Labute approximate surface area is 173 Å². The molecule has 0 atom stereocenters. The van der Waals surface area contributed by atoms with Crippen molar-refractivity contribution in [1.29, 1.82) is 0 Å². The molecule has 0 fully saturated rings. The molecule has 6 nitrogen and oxygen atoms in total. The predicted octanol–water partition coefficient (Wildman–Crippen LogP) is 4.03. The first kappa shape index (κ1) is 20.7. The molecule has 27 heavy (non-hydrogen) atoms. The zero-order chi connectivity index (χ0) is 19.8. The van der Waals surface area contributed by atoms with E-state index in [1.807, 2.05) is 42.5 Å². The Morgan fingerprint density at radius 1 is 1.11 bits per heavy atom. The molecule has 1 amide bonds. The molecular weight excluding hydrogens is 478 g/mol. The molecule has 4 N–H and O–H groups in total. The number of carbonyl (C=O) groups is 2. The highest BCUT2D eigenvalue weighted by Gasteiger charge is 2.10. The van der Waals surface area contributed by atoms with Gasteiger partial charge in [-0.3, -0.25) is 15.0 Å². The highest BCUT2D eigenvalue weighted by atomic mass is 79.9. The quantitative estimate of drug-likeness (QED) is 0.192. The number of aliphatic hydroxyl groups excluding tert-OH is 1. The lowest BCUT2D eigenvalue weighted by Crippen LogP contribution is -2.37. The summed E-state index contributed by atoms with van der Waals surface area (Å²) >= 11 is 5.94. The number of anilines is 1. The highest BCUT2D eigenvalue weighted by Crippen LogP contribution is 2.21. The smallest absolute Gasteiger partial charge is 0.257 e. The number of halogens is 2. The number of rotatable bonds is 8. The third-order valence-electron chi connectivity index (χ3n) is 3.41. The van der Waals surface area contributed by atoms with Gasteiger partial charge in [-0.05, 0) is 54.8 Å². The van der Waals surface area contributed by atoms with Crippen molar-refractivity contribution in [3.63, 3.8) is 0 Å². The minimum Gasteiger partial charge on any atom is -0.505 e. The fraction of sp³-hybridized carbons (Fsp3) is 0.0526. The van der Waals surface area contributed by atoms with Crippen LogP contribution in [0.25, 0.3) is 10.8 Å². The van der Waals surface area contributed by atoms with Gasteiger partial charge >= 0.3 is 0 Å². The minimum atomic E-state index is -0.496. The van der Waals surface area contributed by atoms with Crippen LogP contribution in [0.5, 0.6) is 0 Å². The van der Waals surface area contributed by atoms with Crippen LogP contribution in [0, 0.1) is 0 Å². The van der Waals surface area contributed by atoms with Crippen molar-refractivity contribution in [3.05, 3.63) is 76.0 Å². The molecule has 0 saturated carbocycles. The molecule has 0 radical (unpaired) electrons. The average Bonchev–Trinajstić information content (AvgIpc) is 2.68. The summed E-state index contributed by atoms with van der Waals surface area (Å²) in [4.78, 5) is 23.6. The lowest BCUT2D eigenvalue weighted by Gasteiger charge is -2.08. The van der Waals surface area contributed by atoms with Gasteiger partial charge in [-0.1, -0.05) is 36.9 Å². The number of nitrogens with one attached hydrogen (secondary N) is 3. The van der Waals surface area contributed by atoms with Gasteiger partial charge in [0, 0.05) is 18.0 Å². The van der Waals surface area contributed by atoms with Crippen LogP contribution in [0.1, 0.15) is 0 Å². The summed E-state index contributed by atoms with van der Waals surface area (Å²) in [6.45, 7) is 3.52. The largest absolute Gasteiger partial charge is 0.505 e. The van der Waals surface area contributed by atoms with Gasteiger partial charge in [0.05, 0.1) is 11.0 Å². The lowest BCUT2D eigenvalue weighted by molar-refractivity contribution is -0.120.